The fraction of sp³-hybridized carbons (Fsp3) is 0. The fourth-order valence-corrected chi connectivity index (χ4v) is 8.31. The Bertz CT molecular complexity index is 2870. The summed E-state index contributed by atoms with van der Waals surface area (Å²) in [7, 11) is 0. The van der Waals surface area contributed by atoms with Crippen LogP contribution in [0.3, 0.4) is 0 Å². The summed E-state index contributed by atoms with van der Waals surface area (Å²) >= 11 is 0. The molecule has 0 aliphatic rings. The van der Waals surface area contributed by atoms with Crippen molar-refractivity contribution in [2.24, 2.45) is 0 Å². The maximum Gasteiger partial charge on any atom is -0.00262 e. The van der Waals surface area contributed by atoms with Crippen molar-refractivity contribution in [2.75, 3.05) is 0 Å². The lowest BCUT2D eigenvalue weighted by Crippen LogP contribution is -1.92. The topological polar surface area (TPSA) is 0 Å². The van der Waals surface area contributed by atoms with Crippen molar-refractivity contribution in [2.45, 2.75) is 0 Å². The van der Waals surface area contributed by atoms with Crippen LogP contribution in [0.4, 0.5) is 0 Å². The van der Waals surface area contributed by atoms with Crippen LogP contribution in [0, 0.1) is 0 Å². The standard InChI is InChI=1S/C52H34/c1-2-16-38(17-3-1)50-44-22-7-5-15-36(44)32-33-45(50)40-19-12-20-41(34-40)52-48-25-10-8-23-46(48)51(47-24-9-11-26-49(47)52)39-30-28-37(29-31-39)43-27-13-18-35-14-4-6-21-42(35)43/h1-34H. The molecule has 10 rings (SSSR count). The molecule has 52 heavy (non-hydrogen) atoms. The maximum atomic E-state index is 2.39. The van der Waals surface area contributed by atoms with Crippen LogP contribution in [0.1, 0.15) is 0 Å². The van der Waals surface area contributed by atoms with Gasteiger partial charge in [-0.2, -0.15) is 0 Å². The van der Waals surface area contributed by atoms with Gasteiger partial charge in [0.15, 0.2) is 0 Å². The van der Waals surface area contributed by atoms with Gasteiger partial charge < -0.3 is 0 Å². The van der Waals surface area contributed by atoms with Gasteiger partial charge in [0.1, 0.15) is 0 Å². The molecule has 0 saturated carbocycles. The molecule has 242 valence electrons. The Morgan fingerprint density at radius 3 is 1.31 bits per heavy atom. The van der Waals surface area contributed by atoms with Crippen molar-refractivity contribution in [3.05, 3.63) is 206 Å². The Balaban J connectivity index is 1.16. The molecule has 10 aromatic carbocycles. The molecule has 0 saturated heterocycles. The Morgan fingerprint density at radius 1 is 0.192 bits per heavy atom. The van der Waals surface area contributed by atoms with E-state index in [0.717, 1.165) is 0 Å². The molecule has 0 fully saturated rings. The average molecular weight is 659 g/mol. The van der Waals surface area contributed by atoms with E-state index in [1.165, 1.54) is 98.7 Å². The molecule has 0 heteroatoms. The third kappa shape index (κ3) is 5.00. The normalized spacial score (nSPS) is 11.5. The van der Waals surface area contributed by atoms with Crippen LogP contribution >= 0.6 is 0 Å². The number of rotatable bonds is 5. The summed E-state index contributed by atoms with van der Waals surface area (Å²) < 4.78 is 0. The SMILES string of the molecule is c1ccc(-c2c(-c3cccc(-c4c5ccccc5c(-c5ccc(-c6cccc7ccccc67)cc5)c5ccccc45)c3)ccc3ccccc23)cc1. The molecule has 0 aliphatic carbocycles. The first-order valence-corrected chi connectivity index (χ1v) is 18.0. The van der Waals surface area contributed by atoms with Gasteiger partial charge in [-0.3, -0.25) is 0 Å². The summed E-state index contributed by atoms with van der Waals surface area (Å²) in [4.78, 5) is 0. The summed E-state index contributed by atoms with van der Waals surface area (Å²) in [6, 6.07) is 75.5. The van der Waals surface area contributed by atoms with Gasteiger partial charge in [0.25, 0.3) is 0 Å². The van der Waals surface area contributed by atoms with Crippen molar-refractivity contribution in [3.8, 4) is 55.6 Å². The van der Waals surface area contributed by atoms with Crippen molar-refractivity contribution >= 4 is 43.1 Å². The minimum atomic E-state index is 1.21. The lowest BCUT2D eigenvalue weighted by atomic mass is 9.84. The van der Waals surface area contributed by atoms with E-state index in [2.05, 4.69) is 206 Å². The van der Waals surface area contributed by atoms with Crippen molar-refractivity contribution in [3.63, 3.8) is 0 Å². The number of hydrogen-bond acceptors (Lipinski definition) is 0. The van der Waals surface area contributed by atoms with E-state index in [9.17, 15) is 0 Å². The first kappa shape index (κ1) is 30.1. The average Bonchev–Trinajstić information content (AvgIpc) is 3.22. The third-order valence-electron chi connectivity index (χ3n) is 10.7. The zero-order chi connectivity index (χ0) is 34.4. The fourth-order valence-electron chi connectivity index (χ4n) is 8.31. The lowest BCUT2D eigenvalue weighted by molar-refractivity contribution is 1.60. The van der Waals surface area contributed by atoms with E-state index in [1.54, 1.807) is 0 Å². The molecule has 0 nitrogen and oxygen atoms in total. The largest absolute Gasteiger partial charge is 0.0622 e. The highest BCUT2D eigenvalue weighted by Gasteiger charge is 2.18. The quantitative estimate of drug-likeness (QED) is 0.161. The van der Waals surface area contributed by atoms with E-state index < -0.39 is 0 Å². The zero-order valence-corrected chi connectivity index (χ0v) is 28.6. The summed E-state index contributed by atoms with van der Waals surface area (Å²) in [5.74, 6) is 0. The number of benzene rings is 10. The van der Waals surface area contributed by atoms with E-state index in [1.807, 2.05) is 0 Å². The molecular formula is C52H34. The second kappa shape index (κ2) is 12.5. The Hall–Kier alpha value is -6.76. The van der Waals surface area contributed by atoms with Gasteiger partial charge in [0.05, 0.1) is 0 Å². The monoisotopic (exact) mass is 658 g/mol. The lowest BCUT2D eigenvalue weighted by Gasteiger charge is -2.19. The predicted molar refractivity (Wildman–Crippen MR) is 224 cm³/mol. The van der Waals surface area contributed by atoms with Crippen LogP contribution in [0.5, 0.6) is 0 Å². The molecule has 0 aliphatic heterocycles. The van der Waals surface area contributed by atoms with Gasteiger partial charge >= 0.3 is 0 Å². The summed E-state index contributed by atoms with van der Waals surface area (Å²) in [6.07, 6.45) is 0. The van der Waals surface area contributed by atoms with Crippen LogP contribution in [0.15, 0.2) is 206 Å². The molecule has 0 radical (unpaired) electrons. The van der Waals surface area contributed by atoms with Crippen LogP contribution in [-0.4, -0.2) is 0 Å². The minimum Gasteiger partial charge on any atom is -0.0622 e. The van der Waals surface area contributed by atoms with E-state index >= 15 is 0 Å². The summed E-state index contributed by atoms with van der Waals surface area (Å²) in [5.41, 5.74) is 12.4. The molecule has 0 bridgehead atoms. The highest BCUT2D eigenvalue weighted by molar-refractivity contribution is 6.21. The third-order valence-corrected chi connectivity index (χ3v) is 10.7. The number of hydrogen-bond donors (Lipinski definition) is 0. The smallest absolute Gasteiger partial charge is 0.00262 e. The molecule has 0 N–H and O–H groups in total. The summed E-state index contributed by atoms with van der Waals surface area (Å²) in [6.45, 7) is 0. The van der Waals surface area contributed by atoms with Gasteiger partial charge in [-0.25, -0.2) is 0 Å². The molecule has 0 aromatic heterocycles. The molecule has 0 heterocycles. The second-order valence-corrected chi connectivity index (χ2v) is 13.6. The highest BCUT2D eigenvalue weighted by atomic mass is 14.2. The van der Waals surface area contributed by atoms with Crippen molar-refractivity contribution in [1.82, 2.24) is 0 Å². The number of fused-ring (bicyclic) bond motifs is 4. The Kier molecular flexibility index (Phi) is 7.25. The second-order valence-electron chi connectivity index (χ2n) is 13.6. The van der Waals surface area contributed by atoms with Gasteiger partial charge in [-0.15, -0.1) is 0 Å². The predicted octanol–water partition coefficient (Wildman–Crippen LogP) is 14.6. The van der Waals surface area contributed by atoms with Gasteiger partial charge in [0, 0.05) is 0 Å². The molecule has 0 amide bonds. The van der Waals surface area contributed by atoms with Gasteiger partial charge in [0.2, 0.25) is 0 Å². The van der Waals surface area contributed by atoms with E-state index in [-0.39, 0.29) is 0 Å². The first-order valence-electron chi connectivity index (χ1n) is 18.0. The van der Waals surface area contributed by atoms with Crippen LogP contribution < -0.4 is 0 Å². The Labute approximate surface area is 303 Å². The minimum absolute atomic E-state index is 1.21. The van der Waals surface area contributed by atoms with Crippen molar-refractivity contribution in [1.29, 1.82) is 0 Å². The van der Waals surface area contributed by atoms with Crippen LogP contribution in [-0.2, 0) is 0 Å². The van der Waals surface area contributed by atoms with E-state index in [4.69, 9.17) is 0 Å². The van der Waals surface area contributed by atoms with Crippen molar-refractivity contribution < 1.29 is 0 Å². The maximum absolute atomic E-state index is 2.39. The van der Waals surface area contributed by atoms with Crippen LogP contribution in [0.25, 0.3) is 98.7 Å². The Morgan fingerprint density at radius 2 is 0.635 bits per heavy atom. The first-order chi connectivity index (χ1) is 25.8. The highest BCUT2D eigenvalue weighted by Crippen LogP contribution is 2.46. The molecular weight excluding hydrogens is 625 g/mol. The van der Waals surface area contributed by atoms with E-state index in [0.29, 0.717) is 0 Å². The molecule has 10 aromatic rings. The van der Waals surface area contributed by atoms with Gasteiger partial charge in [-0.05, 0) is 105 Å². The summed E-state index contributed by atoms with van der Waals surface area (Å²) in [5, 5.41) is 10.1. The van der Waals surface area contributed by atoms with Crippen LogP contribution in [0.2, 0.25) is 0 Å². The molecule has 0 spiro atoms. The zero-order valence-electron chi connectivity index (χ0n) is 28.6. The van der Waals surface area contributed by atoms with Gasteiger partial charge in [-0.1, -0.05) is 200 Å². The molecule has 0 unspecified atom stereocenters. The molecule has 0 atom stereocenters.